The molecule has 0 saturated heterocycles. The normalized spacial score (nSPS) is 14.0. The van der Waals surface area contributed by atoms with Gasteiger partial charge in [0.15, 0.2) is 5.96 Å². The van der Waals surface area contributed by atoms with Crippen molar-refractivity contribution in [3.63, 3.8) is 0 Å². The molecule has 2 aromatic rings. The molecule has 14 heteroatoms. The van der Waals surface area contributed by atoms with E-state index in [1.165, 1.54) is 11.8 Å². The van der Waals surface area contributed by atoms with Crippen molar-refractivity contribution < 1.29 is 24.3 Å². The number of H-pyrrole nitrogens is 1. The first-order valence-corrected chi connectivity index (χ1v) is 15.3. The molecule has 232 valence electrons. The third kappa shape index (κ3) is 11.2. The number of carboxylic acid groups (broad SMARTS) is 1. The highest BCUT2D eigenvalue weighted by Gasteiger charge is 2.30. The molecule has 11 N–H and O–H groups in total. The summed E-state index contributed by atoms with van der Waals surface area (Å²) < 4.78 is 0. The fourth-order valence-electron chi connectivity index (χ4n) is 4.44. The number of aliphatic carboxylic acids is 1. The maximum absolute atomic E-state index is 13.4. The molecule has 0 fully saturated rings. The Morgan fingerprint density at radius 1 is 0.976 bits per heavy atom. The van der Waals surface area contributed by atoms with Crippen LogP contribution in [0.2, 0.25) is 0 Å². The molecule has 2 rings (SSSR count). The summed E-state index contributed by atoms with van der Waals surface area (Å²) in [5.74, 6) is -2.30. The third-order valence-electron chi connectivity index (χ3n) is 6.60. The van der Waals surface area contributed by atoms with E-state index in [4.69, 9.17) is 17.2 Å². The Morgan fingerprint density at radius 2 is 1.60 bits per heavy atom. The van der Waals surface area contributed by atoms with Gasteiger partial charge < -0.3 is 43.2 Å². The minimum atomic E-state index is -1.23. The van der Waals surface area contributed by atoms with Crippen LogP contribution in [0, 0.1) is 5.92 Å². The van der Waals surface area contributed by atoms with Crippen LogP contribution in [0.3, 0.4) is 0 Å². The van der Waals surface area contributed by atoms with Crippen LogP contribution in [0.15, 0.2) is 35.5 Å². The van der Waals surface area contributed by atoms with E-state index in [9.17, 15) is 24.3 Å². The summed E-state index contributed by atoms with van der Waals surface area (Å²) in [6, 6.07) is 3.40. The van der Waals surface area contributed by atoms with Crippen molar-refractivity contribution in [3.8, 4) is 0 Å². The van der Waals surface area contributed by atoms with Crippen LogP contribution in [-0.4, -0.2) is 82.5 Å². The van der Waals surface area contributed by atoms with E-state index < -0.39 is 47.9 Å². The number of nitrogens with zero attached hydrogens (tertiary/aromatic N) is 1. The molecular formula is C28H44N8O5S. The number of para-hydroxylation sites is 1. The quantitative estimate of drug-likeness (QED) is 0.0669. The van der Waals surface area contributed by atoms with Gasteiger partial charge in [-0.25, -0.2) is 4.79 Å². The van der Waals surface area contributed by atoms with E-state index in [1.54, 1.807) is 6.20 Å². The predicted octanol–water partition coefficient (Wildman–Crippen LogP) is 0.430. The predicted molar refractivity (Wildman–Crippen MR) is 166 cm³/mol. The lowest BCUT2D eigenvalue weighted by molar-refractivity contribution is -0.142. The number of hydrogen-bond donors (Lipinski definition) is 8. The Hall–Kier alpha value is -3.78. The summed E-state index contributed by atoms with van der Waals surface area (Å²) in [6.07, 6.45) is 4.88. The summed E-state index contributed by atoms with van der Waals surface area (Å²) >= 11 is 1.48. The maximum Gasteiger partial charge on any atom is 0.326 e. The number of amides is 3. The second-order valence-electron chi connectivity index (χ2n) is 10.6. The molecule has 1 aromatic heterocycles. The first kappa shape index (κ1) is 34.4. The lowest BCUT2D eigenvalue weighted by atomic mass is 10.0. The first-order valence-electron chi connectivity index (χ1n) is 13.9. The number of aromatic nitrogens is 1. The number of benzene rings is 1. The topological polar surface area (TPSA) is 231 Å². The number of thioether (sulfide) groups is 1. The average molecular weight is 605 g/mol. The molecule has 0 radical (unpaired) electrons. The lowest BCUT2D eigenvalue weighted by Crippen LogP contribution is -2.57. The number of carboxylic acids is 1. The standard InChI is InChI=1S/C28H44N8O5S/c1-16(2)13-19(29)24(37)34-21(9-6-11-32-28(30)31)25(38)35-22(10-12-42-3)26(39)36-23(27(40)41)14-17-15-33-20-8-5-4-7-18(17)20/h4-5,7-8,15-16,19,21-23,33H,6,9-14,29H2,1-3H3,(H,34,37)(H,35,38)(H,36,39)(H,40,41)(H4,30,31,32). The number of fused-ring (bicyclic) bond motifs is 1. The smallest absolute Gasteiger partial charge is 0.326 e. The van der Waals surface area contributed by atoms with Crippen molar-refractivity contribution in [1.29, 1.82) is 0 Å². The van der Waals surface area contributed by atoms with Gasteiger partial charge in [0.1, 0.15) is 18.1 Å². The number of carbonyl (C=O) groups excluding carboxylic acids is 3. The number of nitrogens with two attached hydrogens (primary N) is 3. The van der Waals surface area contributed by atoms with Gasteiger partial charge in [0, 0.05) is 30.1 Å². The number of hydrogen-bond acceptors (Lipinski definition) is 7. The molecule has 0 aliphatic heterocycles. The molecule has 0 aliphatic rings. The average Bonchev–Trinajstić information content (AvgIpc) is 3.34. The van der Waals surface area contributed by atoms with E-state index in [2.05, 4.69) is 25.9 Å². The van der Waals surface area contributed by atoms with Gasteiger partial charge in [-0.15, -0.1) is 0 Å². The third-order valence-corrected chi connectivity index (χ3v) is 7.24. The number of aromatic amines is 1. The van der Waals surface area contributed by atoms with Crippen molar-refractivity contribution in [2.24, 2.45) is 28.1 Å². The number of guanidine groups is 1. The van der Waals surface area contributed by atoms with Gasteiger partial charge >= 0.3 is 5.97 Å². The zero-order valence-corrected chi connectivity index (χ0v) is 25.2. The monoisotopic (exact) mass is 604 g/mol. The molecule has 4 unspecified atom stereocenters. The van der Waals surface area contributed by atoms with Gasteiger partial charge in [0.2, 0.25) is 17.7 Å². The van der Waals surface area contributed by atoms with Crippen LogP contribution < -0.4 is 33.2 Å². The van der Waals surface area contributed by atoms with Crippen LogP contribution in [0.4, 0.5) is 0 Å². The number of aliphatic imine (C=N–C) groups is 1. The summed E-state index contributed by atoms with van der Waals surface area (Å²) in [6.45, 7) is 4.11. The molecule has 0 spiro atoms. The van der Waals surface area contributed by atoms with E-state index in [0.29, 0.717) is 18.6 Å². The van der Waals surface area contributed by atoms with Crippen molar-refractivity contribution >= 4 is 52.3 Å². The van der Waals surface area contributed by atoms with Crippen molar-refractivity contribution in [2.75, 3.05) is 18.6 Å². The van der Waals surface area contributed by atoms with Crippen molar-refractivity contribution in [2.45, 2.75) is 70.1 Å². The van der Waals surface area contributed by atoms with Crippen LogP contribution in [-0.2, 0) is 25.6 Å². The number of nitrogens with one attached hydrogen (secondary N) is 4. The second kappa shape index (κ2) is 17.2. The van der Waals surface area contributed by atoms with E-state index >= 15 is 0 Å². The minimum Gasteiger partial charge on any atom is -0.480 e. The van der Waals surface area contributed by atoms with Gasteiger partial charge in [-0.2, -0.15) is 11.8 Å². The second-order valence-corrected chi connectivity index (χ2v) is 11.5. The van der Waals surface area contributed by atoms with E-state index in [-0.39, 0.29) is 37.7 Å². The van der Waals surface area contributed by atoms with Gasteiger partial charge in [-0.3, -0.25) is 19.4 Å². The Morgan fingerprint density at radius 3 is 2.21 bits per heavy atom. The molecule has 1 aromatic carbocycles. The maximum atomic E-state index is 13.4. The van der Waals surface area contributed by atoms with Crippen molar-refractivity contribution in [1.82, 2.24) is 20.9 Å². The fourth-order valence-corrected chi connectivity index (χ4v) is 4.91. The summed E-state index contributed by atoms with van der Waals surface area (Å²) in [7, 11) is 0. The Labute approximate surface area is 250 Å². The lowest BCUT2D eigenvalue weighted by Gasteiger charge is -2.25. The fraction of sp³-hybridized carbons (Fsp3) is 0.536. The zero-order chi connectivity index (χ0) is 31.2. The van der Waals surface area contributed by atoms with Gasteiger partial charge in [-0.05, 0) is 55.2 Å². The largest absolute Gasteiger partial charge is 0.480 e. The molecule has 3 amide bonds. The Bertz CT molecular complexity index is 1230. The van der Waals surface area contributed by atoms with Crippen molar-refractivity contribution in [3.05, 3.63) is 36.0 Å². The molecule has 1 heterocycles. The highest BCUT2D eigenvalue weighted by atomic mass is 32.2. The van der Waals surface area contributed by atoms with Crippen LogP contribution in [0.5, 0.6) is 0 Å². The molecule has 13 nitrogen and oxygen atoms in total. The van der Waals surface area contributed by atoms with Crippen LogP contribution in [0.1, 0.15) is 45.1 Å². The minimum absolute atomic E-state index is 0.0471. The molecule has 4 atom stereocenters. The van der Waals surface area contributed by atoms with E-state index in [0.717, 1.165) is 16.5 Å². The Kier molecular flexibility index (Phi) is 14.1. The van der Waals surface area contributed by atoms with Crippen LogP contribution in [0.25, 0.3) is 10.9 Å². The first-order chi connectivity index (χ1) is 19.9. The number of carbonyl (C=O) groups is 4. The number of rotatable bonds is 18. The Balaban J connectivity index is 2.18. The van der Waals surface area contributed by atoms with Gasteiger partial charge in [0.25, 0.3) is 0 Å². The SMILES string of the molecule is CSCCC(NC(=O)C(CCCN=C(N)N)NC(=O)C(N)CC(C)C)C(=O)NC(Cc1c[nH]c2ccccc12)C(=O)O. The van der Waals surface area contributed by atoms with Crippen LogP contribution >= 0.6 is 11.8 Å². The van der Waals surface area contributed by atoms with Gasteiger partial charge in [-0.1, -0.05) is 32.0 Å². The molecular weight excluding hydrogens is 560 g/mol. The van der Waals surface area contributed by atoms with E-state index in [1.807, 2.05) is 44.4 Å². The highest BCUT2D eigenvalue weighted by Crippen LogP contribution is 2.19. The highest BCUT2D eigenvalue weighted by molar-refractivity contribution is 7.98. The molecule has 42 heavy (non-hydrogen) atoms. The summed E-state index contributed by atoms with van der Waals surface area (Å²) in [5, 5.41) is 18.7. The summed E-state index contributed by atoms with van der Waals surface area (Å²) in [5.41, 5.74) is 18.4. The molecule has 0 aliphatic carbocycles. The summed E-state index contributed by atoms with van der Waals surface area (Å²) in [4.78, 5) is 58.6. The van der Waals surface area contributed by atoms with Gasteiger partial charge in [0.05, 0.1) is 6.04 Å². The molecule has 0 saturated carbocycles. The zero-order valence-electron chi connectivity index (χ0n) is 24.4. The molecule has 0 bridgehead atoms.